The monoisotopic (exact) mass is 653 g/mol. The number of carbonyl (C=O) groups is 3. The third-order valence-electron chi connectivity index (χ3n) is 6.88. The molecule has 1 fully saturated rings. The maximum absolute atomic E-state index is 13.9. The molecule has 0 radical (unpaired) electrons. The summed E-state index contributed by atoms with van der Waals surface area (Å²) in [4.78, 5) is 56.9. The summed E-state index contributed by atoms with van der Waals surface area (Å²) in [5.41, 5.74) is 2.46. The number of H-pyrrole nitrogens is 1. The van der Waals surface area contributed by atoms with Crippen LogP contribution < -0.4 is 19.8 Å². The van der Waals surface area contributed by atoms with E-state index >= 15 is 0 Å². The lowest BCUT2D eigenvalue weighted by atomic mass is 9.82. The Kier molecular flexibility index (Phi) is 7.30. The van der Waals surface area contributed by atoms with Crippen molar-refractivity contribution in [2.45, 2.75) is 23.1 Å². The van der Waals surface area contributed by atoms with Crippen molar-refractivity contribution in [3.63, 3.8) is 0 Å². The summed E-state index contributed by atoms with van der Waals surface area (Å²) in [5.74, 6) is -3.00. The molecule has 8 nitrogen and oxygen atoms in total. The molecule has 41 heavy (non-hydrogen) atoms. The van der Waals surface area contributed by atoms with E-state index in [4.69, 9.17) is 4.74 Å². The lowest BCUT2D eigenvalue weighted by Gasteiger charge is -2.31. The van der Waals surface area contributed by atoms with E-state index in [1.807, 2.05) is 25.1 Å². The molecule has 2 N–H and O–H groups in total. The van der Waals surface area contributed by atoms with E-state index in [2.05, 4.69) is 26.2 Å². The number of halogens is 2. The first-order chi connectivity index (χ1) is 19.7. The maximum atomic E-state index is 13.9. The van der Waals surface area contributed by atoms with Crippen LogP contribution in [-0.2, 0) is 14.4 Å². The quantitative estimate of drug-likeness (QED) is 0.268. The van der Waals surface area contributed by atoms with E-state index in [0.29, 0.717) is 31.4 Å². The number of nitrogens with one attached hydrogen (secondary N) is 2. The molecule has 1 aromatic heterocycles. The highest BCUT2D eigenvalue weighted by atomic mass is 79.9. The summed E-state index contributed by atoms with van der Waals surface area (Å²) in [6.07, 6.45) is 0. The lowest BCUT2D eigenvalue weighted by molar-refractivity contribution is -0.122. The van der Waals surface area contributed by atoms with Crippen LogP contribution in [-0.4, -0.2) is 34.6 Å². The minimum Gasteiger partial charge on any atom is -0.483 e. The van der Waals surface area contributed by atoms with Gasteiger partial charge in [0.1, 0.15) is 16.8 Å². The fraction of sp³-hybridized carbons (Fsp3) is 0.172. The Labute approximate surface area is 250 Å². The van der Waals surface area contributed by atoms with Gasteiger partial charge in [-0.15, -0.1) is 0 Å². The molecule has 0 bridgehead atoms. The van der Waals surface area contributed by atoms with Gasteiger partial charge in [-0.2, -0.15) is 0 Å². The molecule has 12 heteroatoms. The molecule has 3 heterocycles. The van der Waals surface area contributed by atoms with Crippen molar-refractivity contribution in [3.8, 4) is 5.75 Å². The molecule has 3 aromatic carbocycles. The number of hydrogen-bond donors (Lipinski definition) is 2. The van der Waals surface area contributed by atoms with Gasteiger partial charge in [-0.3, -0.25) is 19.2 Å². The first-order valence-electron chi connectivity index (χ1n) is 12.5. The second-order valence-electron chi connectivity index (χ2n) is 9.63. The zero-order valence-corrected chi connectivity index (χ0v) is 24.6. The van der Waals surface area contributed by atoms with Gasteiger partial charge in [0.05, 0.1) is 16.6 Å². The molecule has 2 aliphatic heterocycles. The largest absolute Gasteiger partial charge is 0.483 e. The molecule has 3 atom stereocenters. The second kappa shape index (κ2) is 10.9. The van der Waals surface area contributed by atoms with Gasteiger partial charge in [-0.05, 0) is 67.1 Å². The Bertz CT molecular complexity index is 1760. The van der Waals surface area contributed by atoms with Gasteiger partial charge >= 0.3 is 4.87 Å². The number of rotatable bonds is 6. The van der Waals surface area contributed by atoms with E-state index in [-0.39, 0.29) is 23.1 Å². The normalized spacial score (nSPS) is 19.6. The van der Waals surface area contributed by atoms with Crippen LogP contribution in [0.2, 0.25) is 0 Å². The van der Waals surface area contributed by atoms with Crippen molar-refractivity contribution in [3.05, 3.63) is 103 Å². The fourth-order valence-corrected chi connectivity index (χ4v) is 8.04. The van der Waals surface area contributed by atoms with Gasteiger partial charge in [0.2, 0.25) is 11.8 Å². The van der Waals surface area contributed by atoms with Crippen LogP contribution in [0.3, 0.4) is 0 Å². The van der Waals surface area contributed by atoms with Crippen LogP contribution in [0.5, 0.6) is 5.75 Å². The molecule has 0 saturated carbocycles. The number of benzene rings is 3. The summed E-state index contributed by atoms with van der Waals surface area (Å²) in [7, 11) is 0. The molecule has 3 amide bonds. The number of thiazole rings is 1. The van der Waals surface area contributed by atoms with Crippen LogP contribution in [0.1, 0.15) is 21.9 Å². The Morgan fingerprint density at radius 3 is 2.61 bits per heavy atom. The van der Waals surface area contributed by atoms with E-state index in [0.717, 1.165) is 33.6 Å². The number of aromatic nitrogens is 1. The van der Waals surface area contributed by atoms with Crippen molar-refractivity contribution in [2.24, 2.45) is 5.92 Å². The van der Waals surface area contributed by atoms with Gasteiger partial charge in [0.25, 0.3) is 5.91 Å². The lowest BCUT2D eigenvalue weighted by Crippen LogP contribution is -2.32. The van der Waals surface area contributed by atoms with Gasteiger partial charge in [0.15, 0.2) is 6.61 Å². The van der Waals surface area contributed by atoms with Crippen molar-refractivity contribution in [1.29, 1.82) is 0 Å². The van der Waals surface area contributed by atoms with E-state index < -0.39 is 34.7 Å². The molecule has 4 aromatic rings. The van der Waals surface area contributed by atoms with Crippen LogP contribution in [0.15, 0.2) is 81.0 Å². The summed E-state index contributed by atoms with van der Waals surface area (Å²) in [6.45, 7) is 1.62. The molecule has 6 rings (SSSR count). The number of aromatic amines is 1. The fourth-order valence-electron chi connectivity index (χ4n) is 5.15. The molecule has 208 valence electrons. The standard InChI is InChI=1S/C29H21BrFN3O5S2/c1-14-3-2-4-17(11-14)32-21(35)13-39-20-10-5-15(30)12-19(20)22-23-25(40-26-24(22)41-29(38)33-26)28(37)34(27(23)36)18-8-6-16(31)7-9-18/h2-12,22-23,25H,13H2,1H3,(H,32,35)(H,33,38)/t22-,23-,25+/m0/s1. The number of imide groups is 1. The molecular weight excluding hydrogens is 633 g/mol. The predicted molar refractivity (Wildman–Crippen MR) is 158 cm³/mol. The average Bonchev–Trinajstić information content (AvgIpc) is 3.42. The molecular formula is C29H21BrFN3O5S2. The van der Waals surface area contributed by atoms with Crippen LogP contribution in [0.25, 0.3) is 0 Å². The summed E-state index contributed by atoms with van der Waals surface area (Å²) in [5, 5.41) is 2.49. The molecule has 2 aliphatic rings. The summed E-state index contributed by atoms with van der Waals surface area (Å²) < 4.78 is 20.3. The summed E-state index contributed by atoms with van der Waals surface area (Å²) in [6, 6.07) is 17.8. The van der Waals surface area contributed by atoms with Gasteiger partial charge in [-0.1, -0.05) is 51.2 Å². The number of ether oxygens (including phenoxy) is 1. The van der Waals surface area contributed by atoms with Gasteiger partial charge < -0.3 is 15.0 Å². The van der Waals surface area contributed by atoms with Crippen LogP contribution in [0, 0.1) is 18.7 Å². The second-order valence-corrected chi connectivity index (χ2v) is 12.7. The molecule has 0 aliphatic carbocycles. The number of anilines is 2. The van der Waals surface area contributed by atoms with Crippen LogP contribution in [0.4, 0.5) is 15.8 Å². The maximum Gasteiger partial charge on any atom is 0.305 e. The van der Waals surface area contributed by atoms with E-state index in [1.54, 1.807) is 24.3 Å². The smallest absolute Gasteiger partial charge is 0.305 e. The Morgan fingerprint density at radius 2 is 1.85 bits per heavy atom. The number of carbonyl (C=O) groups excluding carboxylic acids is 3. The van der Waals surface area contributed by atoms with Crippen molar-refractivity contribution >= 4 is 68.1 Å². The van der Waals surface area contributed by atoms with Gasteiger partial charge in [-0.25, -0.2) is 9.29 Å². The van der Waals surface area contributed by atoms with E-state index in [9.17, 15) is 23.6 Å². The minimum atomic E-state index is -0.866. The van der Waals surface area contributed by atoms with E-state index in [1.165, 1.54) is 24.3 Å². The highest BCUT2D eigenvalue weighted by molar-refractivity contribution is 9.10. The Morgan fingerprint density at radius 1 is 1.07 bits per heavy atom. The topological polar surface area (TPSA) is 109 Å². The third kappa shape index (κ3) is 5.22. The van der Waals surface area contributed by atoms with Crippen molar-refractivity contribution in [2.75, 3.05) is 16.8 Å². The first kappa shape index (κ1) is 27.4. The number of amides is 3. The first-order valence-corrected chi connectivity index (χ1v) is 15.0. The number of fused-ring (bicyclic) bond motifs is 2. The third-order valence-corrected chi connectivity index (χ3v) is 9.77. The highest BCUT2D eigenvalue weighted by Crippen LogP contribution is 2.54. The molecule has 1 saturated heterocycles. The predicted octanol–water partition coefficient (Wildman–Crippen LogP) is 5.46. The number of aryl methyl sites for hydroxylation is 1. The summed E-state index contributed by atoms with van der Waals surface area (Å²) >= 11 is 5.61. The Hall–Kier alpha value is -3.74. The molecule has 0 unspecified atom stereocenters. The van der Waals surface area contributed by atoms with Crippen molar-refractivity contribution < 1.29 is 23.5 Å². The zero-order valence-electron chi connectivity index (χ0n) is 21.4. The number of nitrogens with zero attached hydrogens (tertiary/aromatic N) is 1. The molecule has 0 spiro atoms. The van der Waals surface area contributed by atoms with Gasteiger partial charge in [0, 0.05) is 26.5 Å². The van der Waals surface area contributed by atoms with Crippen molar-refractivity contribution in [1.82, 2.24) is 4.98 Å². The average molecular weight is 655 g/mol. The number of hydrogen-bond acceptors (Lipinski definition) is 7. The SMILES string of the molecule is Cc1cccc(NC(=O)COc2ccc(Br)cc2[C@@H]2c3sc(=O)[nH]c3S[C@H]3C(=O)N(c4ccc(F)cc4)C(=O)[C@@H]23)c1. The van der Waals surface area contributed by atoms with Crippen LogP contribution >= 0.6 is 39.0 Å². The zero-order chi connectivity index (χ0) is 28.8. The Balaban J connectivity index is 1.36. The number of thioether (sulfide) groups is 1. The highest BCUT2D eigenvalue weighted by Gasteiger charge is 2.56. The minimum absolute atomic E-state index is 0.269.